The van der Waals surface area contributed by atoms with Crippen LogP contribution in [-0.4, -0.2) is 37.7 Å². The number of hydrogen-bond acceptors (Lipinski definition) is 4. The third kappa shape index (κ3) is 4.57. The second-order valence-corrected chi connectivity index (χ2v) is 8.40. The van der Waals surface area contributed by atoms with Crippen molar-refractivity contribution in [3.8, 4) is 17.6 Å². The van der Waals surface area contributed by atoms with Gasteiger partial charge in [0.2, 0.25) is 10.0 Å². The van der Waals surface area contributed by atoms with Gasteiger partial charge >= 0.3 is 0 Å². The van der Waals surface area contributed by atoms with E-state index in [1.54, 1.807) is 24.3 Å². The number of sulfonamides is 1. The molecule has 0 spiro atoms. The maximum absolute atomic E-state index is 12.5. The molecule has 1 fully saturated rings. The maximum Gasteiger partial charge on any atom is 0.243 e. The molecule has 0 radical (unpaired) electrons. The van der Waals surface area contributed by atoms with Gasteiger partial charge in [-0.2, -0.15) is 16.9 Å². The van der Waals surface area contributed by atoms with Crippen molar-refractivity contribution in [1.29, 1.82) is 0 Å². The van der Waals surface area contributed by atoms with E-state index < -0.39 is 10.0 Å². The van der Waals surface area contributed by atoms with Crippen molar-refractivity contribution in [2.45, 2.75) is 16.6 Å². The van der Waals surface area contributed by atoms with Crippen molar-refractivity contribution in [2.24, 2.45) is 0 Å². The Morgan fingerprint density at radius 2 is 1.84 bits per heavy atom. The summed E-state index contributed by atoms with van der Waals surface area (Å²) in [5.74, 6) is 6.54. The van der Waals surface area contributed by atoms with Crippen LogP contribution in [0, 0.1) is 11.8 Å². The highest BCUT2D eigenvalue weighted by Gasteiger charge is 2.30. The number of rotatable bonds is 4. The third-order valence-corrected chi connectivity index (χ3v) is 6.21. The summed E-state index contributed by atoms with van der Waals surface area (Å²) in [5.41, 5.74) is 0.931. The highest BCUT2D eigenvalue weighted by molar-refractivity contribution is 7.89. The summed E-state index contributed by atoms with van der Waals surface area (Å²) >= 11 is 4.35. The lowest BCUT2D eigenvalue weighted by Crippen LogP contribution is -2.28. The first-order valence-corrected chi connectivity index (χ1v) is 9.96. The van der Waals surface area contributed by atoms with Crippen LogP contribution in [0.2, 0.25) is 0 Å². The number of hydrogen-bond donors (Lipinski definition) is 1. The first kappa shape index (κ1) is 17.9. The van der Waals surface area contributed by atoms with Gasteiger partial charge in [-0.25, -0.2) is 8.42 Å². The molecule has 1 atom stereocenters. The average molecular weight is 373 g/mol. The average Bonchev–Trinajstić information content (AvgIpc) is 3.07. The summed E-state index contributed by atoms with van der Waals surface area (Å²) in [6.45, 7) is 1.22. The first-order chi connectivity index (χ1) is 12.1. The molecular formula is C19H19NO3S2. The van der Waals surface area contributed by atoms with Crippen molar-refractivity contribution in [3.05, 3.63) is 60.2 Å². The molecule has 3 rings (SSSR count). The molecule has 2 aromatic carbocycles. The minimum Gasteiger partial charge on any atom is -0.481 e. The molecule has 1 aliphatic rings. The molecule has 4 nitrogen and oxygen atoms in total. The van der Waals surface area contributed by atoms with E-state index in [4.69, 9.17) is 4.74 Å². The Morgan fingerprint density at radius 1 is 1.12 bits per heavy atom. The largest absolute Gasteiger partial charge is 0.481 e. The molecular weight excluding hydrogens is 354 g/mol. The molecule has 1 heterocycles. The van der Waals surface area contributed by atoms with Crippen molar-refractivity contribution in [3.63, 3.8) is 0 Å². The summed E-state index contributed by atoms with van der Waals surface area (Å²) in [6, 6.07) is 16.1. The lowest BCUT2D eigenvalue weighted by Gasteiger charge is -2.16. The quantitative estimate of drug-likeness (QED) is 0.662. The molecule has 0 aromatic heterocycles. The van der Waals surface area contributed by atoms with Gasteiger partial charge in [-0.3, -0.25) is 0 Å². The Kier molecular flexibility index (Phi) is 5.69. The monoisotopic (exact) mass is 373 g/mol. The highest BCUT2D eigenvalue weighted by atomic mass is 32.2. The summed E-state index contributed by atoms with van der Waals surface area (Å²) < 4.78 is 32.1. The van der Waals surface area contributed by atoms with Gasteiger partial charge in [-0.1, -0.05) is 30.0 Å². The van der Waals surface area contributed by atoms with E-state index in [0.29, 0.717) is 18.8 Å². The van der Waals surface area contributed by atoms with Crippen molar-refractivity contribution in [1.82, 2.24) is 4.31 Å². The van der Waals surface area contributed by atoms with Gasteiger partial charge in [0.25, 0.3) is 0 Å². The van der Waals surface area contributed by atoms with Gasteiger partial charge in [-0.15, -0.1) is 0 Å². The molecule has 2 aromatic rings. The SMILES string of the molecule is O=S(=O)(c1ccc(OCC#Cc2ccccc2)cc1)N1CC[C@H](S)C1. The van der Waals surface area contributed by atoms with E-state index in [9.17, 15) is 8.42 Å². The fraction of sp³-hybridized carbons (Fsp3) is 0.263. The molecule has 0 bridgehead atoms. The van der Waals surface area contributed by atoms with E-state index in [1.165, 1.54) is 4.31 Å². The standard InChI is InChI=1S/C19H19NO3S2/c21-25(22,20-13-12-18(24)15-20)19-10-8-17(9-11-19)23-14-4-7-16-5-2-1-3-6-16/h1-3,5-6,8-11,18,24H,12-15H2/t18-/m0/s1. The minimum atomic E-state index is -3.45. The lowest BCUT2D eigenvalue weighted by atomic mass is 10.2. The molecule has 130 valence electrons. The third-order valence-electron chi connectivity index (χ3n) is 3.91. The van der Waals surface area contributed by atoms with Gasteiger partial charge < -0.3 is 4.74 Å². The summed E-state index contributed by atoms with van der Waals surface area (Å²) in [4.78, 5) is 0.276. The van der Waals surface area contributed by atoms with Crippen LogP contribution < -0.4 is 4.74 Å². The van der Waals surface area contributed by atoms with Crippen LogP contribution in [0.4, 0.5) is 0 Å². The zero-order chi connectivity index (χ0) is 17.7. The number of thiol groups is 1. The number of ether oxygens (including phenoxy) is 1. The van der Waals surface area contributed by atoms with Crippen LogP contribution in [0.1, 0.15) is 12.0 Å². The smallest absolute Gasteiger partial charge is 0.243 e. The Morgan fingerprint density at radius 3 is 2.48 bits per heavy atom. The van der Waals surface area contributed by atoms with Gasteiger partial charge in [0.1, 0.15) is 12.4 Å². The molecule has 1 saturated heterocycles. The van der Waals surface area contributed by atoms with E-state index >= 15 is 0 Å². The fourth-order valence-corrected chi connectivity index (χ4v) is 4.49. The van der Waals surface area contributed by atoms with E-state index in [0.717, 1.165) is 12.0 Å². The van der Waals surface area contributed by atoms with Gasteiger partial charge in [0.15, 0.2) is 0 Å². The first-order valence-electron chi connectivity index (χ1n) is 8.01. The van der Waals surface area contributed by atoms with Crippen molar-refractivity contribution >= 4 is 22.7 Å². The Bertz CT molecular complexity index is 868. The van der Waals surface area contributed by atoms with Gasteiger partial charge in [0, 0.05) is 23.9 Å². The second kappa shape index (κ2) is 7.96. The predicted octanol–water partition coefficient (Wildman–Crippen LogP) is 2.81. The zero-order valence-electron chi connectivity index (χ0n) is 13.6. The van der Waals surface area contributed by atoms with Crippen LogP contribution in [0.25, 0.3) is 0 Å². The molecule has 0 N–H and O–H groups in total. The lowest BCUT2D eigenvalue weighted by molar-refractivity contribution is 0.370. The van der Waals surface area contributed by atoms with E-state index in [1.807, 2.05) is 30.3 Å². The van der Waals surface area contributed by atoms with Crippen LogP contribution in [0.5, 0.6) is 5.75 Å². The Hall–Kier alpha value is -1.94. The summed E-state index contributed by atoms with van der Waals surface area (Å²) in [5, 5.41) is 0.112. The van der Waals surface area contributed by atoms with Gasteiger partial charge in [0.05, 0.1) is 4.90 Å². The second-order valence-electron chi connectivity index (χ2n) is 5.73. The molecule has 25 heavy (non-hydrogen) atoms. The molecule has 0 unspecified atom stereocenters. The normalized spacial score (nSPS) is 17.7. The summed E-state index contributed by atoms with van der Waals surface area (Å²) in [7, 11) is -3.45. The predicted molar refractivity (Wildman–Crippen MR) is 101 cm³/mol. The van der Waals surface area contributed by atoms with Crippen molar-refractivity contribution < 1.29 is 13.2 Å². The topological polar surface area (TPSA) is 46.6 Å². The van der Waals surface area contributed by atoms with Crippen molar-refractivity contribution in [2.75, 3.05) is 19.7 Å². The van der Waals surface area contributed by atoms with Gasteiger partial charge in [-0.05, 0) is 42.8 Å². The van der Waals surface area contributed by atoms with Crippen LogP contribution in [0.15, 0.2) is 59.5 Å². The van der Waals surface area contributed by atoms with Crippen LogP contribution >= 0.6 is 12.6 Å². The molecule has 0 amide bonds. The molecule has 0 saturated carbocycles. The Balaban J connectivity index is 1.60. The zero-order valence-corrected chi connectivity index (χ0v) is 15.3. The van der Waals surface area contributed by atoms with E-state index in [2.05, 4.69) is 24.5 Å². The maximum atomic E-state index is 12.5. The molecule has 1 aliphatic heterocycles. The minimum absolute atomic E-state index is 0.112. The highest BCUT2D eigenvalue weighted by Crippen LogP contribution is 2.24. The van der Waals surface area contributed by atoms with E-state index in [-0.39, 0.29) is 16.8 Å². The van der Waals surface area contributed by atoms with Crippen LogP contribution in [0.3, 0.4) is 0 Å². The number of nitrogens with zero attached hydrogens (tertiary/aromatic N) is 1. The number of benzene rings is 2. The van der Waals surface area contributed by atoms with Crippen LogP contribution in [-0.2, 0) is 10.0 Å². The molecule has 6 heteroatoms. The fourth-order valence-electron chi connectivity index (χ4n) is 2.56. The summed E-state index contributed by atoms with van der Waals surface area (Å²) in [6.07, 6.45) is 0.781. The molecule has 0 aliphatic carbocycles. The Labute approximate surface area is 154 Å².